The lowest BCUT2D eigenvalue weighted by atomic mass is 10.0. The molecule has 1 aromatic carbocycles. The SMILES string of the molecule is CC(C)c1ccc(NC(=O)C(=O)NO)cc1. The maximum absolute atomic E-state index is 11.1. The van der Waals surface area contributed by atoms with E-state index in [-0.39, 0.29) is 0 Å². The van der Waals surface area contributed by atoms with Gasteiger partial charge in [-0.05, 0) is 23.6 Å². The second-order valence-electron chi connectivity index (χ2n) is 3.67. The number of amides is 2. The van der Waals surface area contributed by atoms with Crippen molar-refractivity contribution in [3.63, 3.8) is 0 Å². The molecular weight excluding hydrogens is 208 g/mol. The maximum Gasteiger partial charge on any atom is 0.332 e. The number of carbonyl (C=O) groups excluding carboxylic acids is 2. The molecule has 0 atom stereocenters. The largest absolute Gasteiger partial charge is 0.332 e. The Morgan fingerprint density at radius 2 is 1.69 bits per heavy atom. The zero-order valence-corrected chi connectivity index (χ0v) is 9.15. The molecule has 1 aromatic rings. The van der Waals surface area contributed by atoms with Crippen LogP contribution in [0.5, 0.6) is 0 Å². The monoisotopic (exact) mass is 222 g/mol. The first-order chi connectivity index (χ1) is 7.54. The molecule has 86 valence electrons. The van der Waals surface area contributed by atoms with E-state index < -0.39 is 11.8 Å². The van der Waals surface area contributed by atoms with Crippen molar-refractivity contribution in [2.45, 2.75) is 19.8 Å². The van der Waals surface area contributed by atoms with Gasteiger partial charge in [0.25, 0.3) is 0 Å². The Morgan fingerprint density at radius 3 is 2.12 bits per heavy atom. The van der Waals surface area contributed by atoms with Gasteiger partial charge in [-0.3, -0.25) is 14.8 Å². The molecule has 3 N–H and O–H groups in total. The van der Waals surface area contributed by atoms with Crippen LogP contribution in [0.3, 0.4) is 0 Å². The van der Waals surface area contributed by atoms with Gasteiger partial charge in [-0.1, -0.05) is 26.0 Å². The van der Waals surface area contributed by atoms with Crippen LogP contribution in [0.25, 0.3) is 0 Å². The van der Waals surface area contributed by atoms with E-state index in [1.54, 1.807) is 12.1 Å². The molecular formula is C11H14N2O3. The molecule has 0 unspecified atom stereocenters. The highest BCUT2D eigenvalue weighted by Crippen LogP contribution is 2.16. The molecule has 0 aromatic heterocycles. The van der Waals surface area contributed by atoms with Gasteiger partial charge in [0, 0.05) is 5.69 Å². The summed E-state index contributed by atoms with van der Waals surface area (Å²) in [5.74, 6) is -1.58. The lowest BCUT2D eigenvalue weighted by Crippen LogP contribution is -2.33. The highest BCUT2D eigenvalue weighted by Gasteiger charge is 2.12. The van der Waals surface area contributed by atoms with E-state index in [1.165, 1.54) is 5.48 Å². The summed E-state index contributed by atoms with van der Waals surface area (Å²) in [4.78, 5) is 21.8. The van der Waals surface area contributed by atoms with Gasteiger partial charge in [-0.15, -0.1) is 0 Å². The van der Waals surface area contributed by atoms with Crippen molar-refractivity contribution >= 4 is 17.5 Å². The van der Waals surface area contributed by atoms with Gasteiger partial charge in [-0.2, -0.15) is 0 Å². The zero-order valence-electron chi connectivity index (χ0n) is 9.15. The van der Waals surface area contributed by atoms with E-state index in [2.05, 4.69) is 19.2 Å². The first kappa shape index (κ1) is 12.2. The lowest BCUT2D eigenvalue weighted by Gasteiger charge is -2.07. The van der Waals surface area contributed by atoms with E-state index in [4.69, 9.17) is 5.21 Å². The summed E-state index contributed by atoms with van der Waals surface area (Å²) in [6.07, 6.45) is 0. The molecule has 0 spiro atoms. The van der Waals surface area contributed by atoms with Gasteiger partial charge in [0.15, 0.2) is 0 Å². The highest BCUT2D eigenvalue weighted by molar-refractivity contribution is 6.39. The topological polar surface area (TPSA) is 78.4 Å². The summed E-state index contributed by atoms with van der Waals surface area (Å²) in [6.45, 7) is 4.12. The summed E-state index contributed by atoms with van der Waals surface area (Å²) in [5.41, 5.74) is 2.92. The Hall–Kier alpha value is -1.88. The summed E-state index contributed by atoms with van der Waals surface area (Å²) < 4.78 is 0. The van der Waals surface area contributed by atoms with Crippen LogP contribution in [-0.4, -0.2) is 17.0 Å². The summed E-state index contributed by atoms with van der Waals surface area (Å²) in [7, 11) is 0. The van der Waals surface area contributed by atoms with Gasteiger partial charge < -0.3 is 5.32 Å². The molecule has 0 aliphatic heterocycles. The van der Waals surface area contributed by atoms with Crippen LogP contribution >= 0.6 is 0 Å². The van der Waals surface area contributed by atoms with Crippen molar-refractivity contribution in [2.24, 2.45) is 0 Å². The third kappa shape index (κ3) is 3.06. The van der Waals surface area contributed by atoms with E-state index in [1.807, 2.05) is 12.1 Å². The molecule has 0 fully saturated rings. The molecule has 16 heavy (non-hydrogen) atoms. The van der Waals surface area contributed by atoms with Crippen molar-refractivity contribution in [3.8, 4) is 0 Å². The average Bonchev–Trinajstić information content (AvgIpc) is 2.28. The van der Waals surface area contributed by atoms with Gasteiger partial charge in [0.05, 0.1) is 0 Å². The molecule has 0 bridgehead atoms. The number of nitrogens with one attached hydrogen (secondary N) is 2. The molecule has 0 heterocycles. The Bertz CT molecular complexity index is 385. The molecule has 1 rings (SSSR count). The van der Waals surface area contributed by atoms with E-state index in [0.29, 0.717) is 11.6 Å². The zero-order chi connectivity index (χ0) is 12.1. The fourth-order valence-electron chi connectivity index (χ4n) is 1.19. The first-order valence-electron chi connectivity index (χ1n) is 4.90. The molecule has 0 saturated heterocycles. The quantitative estimate of drug-likeness (QED) is 0.400. The molecule has 0 saturated carbocycles. The summed E-state index contributed by atoms with van der Waals surface area (Å²) >= 11 is 0. The summed E-state index contributed by atoms with van der Waals surface area (Å²) in [5, 5.41) is 10.6. The standard InChI is InChI=1S/C11H14N2O3/c1-7(2)8-3-5-9(6-4-8)12-10(14)11(15)13-16/h3-7,16H,1-2H3,(H,12,14)(H,13,15). The minimum absolute atomic E-state index is 0.408. The predicted molar refractivity (Wildman–Crippen MR) is 59.1 cm³/mol. The fourth-order valence-corrected chi connectivity index (χ4v) is 1.19. The molecule has 2 amide bonds. The van der Waals surface area contributed by atoms with E-state index >= 15 is 0 Å². The minimum atomic E-state index is -1.09. The minimum Gasteiger partial charge on any atom is -0.318 e. The third-order valence-corrected chi connectivity index (χ3v) is 2.14. The van der Waals surface area contributed by atoms with Crippen molar-refractivity contribution in [2.75, 3.05) is 5.32 Å². The van der Waals surface area contributed by atoms with Crippen LogP contribution in [-0.2, 0) is 9.59 Å². The fraction of sp³-hybridized carbons (Fsp3) is 0.273. The third-order valence-electron chi connectivity index (χ3n) is 2.14. The molecule has 0 radical (unpaired) electrons. The lowest BCUT2D eigenvalue weighted by molar-refractivity contribution is -0.141. The second-order valence-corrected chi connectivity index (χ2v) is 3.67. The number of hydrogen-bond acceptors (Lipinski definition) is 3. The number of carbonyl (C=O) groups is 2. The van der Waals surface area contributed by atoms with Crippen molar-refractivity contribution in [1.82, 2.24) is 5.48 Å². The van der Waals surface area contributed by atoms with Crippen molar-refractivity contribution in [3.05, 3.63) is 29.8 Å². The molecule has 0 aliphatic carbocycles. The Kier molecular flexibility index (Phi) is 4.02. The number of hydroxylamine groups is 1. The van der Waals surface area contributed by atoms with Gasteiger partial charge in [0.1, 0.15) is 0 Å². The number of hydrogen-bond donors (Lipinski definition) is 3. The average molecular weight is 222 g/mol. The van der Waals surface area contributed by atoms with Gasteiger partial charge in [0.2, 0.25) is 0 Å². The van der Waals surface area contributed by atoms with Crippen LogP contribution in [0, 0.1) is 0 Å². The molecule has 5 nitrogen and oxygen atoms in total. The predicted octanol–water partition coefficient (Wildman–Crippen LogP) is 1.25. The van der Waals surface area contributed by atoms with E-state index in [9.17, 15) is 9.59 Å². The highest BCUT2D eigenvalue weighted by atomic mass is 16.5. The van der Waals surface area contributed by atoms with Gasteiger partial charge >= 0.3 is 11.8 Å². The van der Waals surface area contributed by atoms with Crippen LogP contribution in [0.4, 0.5) is 5.69 Å². The maximum atomic E-state index is 11.1. The Balaban J connectivity index is 2.69. The Morgan fingerprint density at radius 1 is 1.12 bits per heavy atom. The van der Waals surface area contributed by atoms with Crippen LogP contribution in [0.2, 0.25) is 0 Å². The van der Waals surface area contributed by atoms with Crippen molar-refractivity contribution < 1.29 is 14.8 Å². The Labute approximate surface area is 93.4 Å². The van der Waals surface area contributed by atoms with Crippen LogP contribution in [0.15, 0.2) is 24.3 Å². The van der Waals surface area contributed by atoms with E-state index in [0.717, 1.165) is 5.56 Å². The van der Waals surface area contributed by atoms with Gasteiger partial charge in [-0.25, -0.2) is 5.48 Å². The number of benzene rings is 1. The smallest absolute Gasteiger partial charge is 0.318 e. The number of anilines is 1. The van der Waals surface area contributed by atoms with Crippen LogP contribution in [0.1, 0.15) is 25.3 Å². The van der Waals surface area contributed by atoms with Crippen LogP contribution < -0.4 is 10.8 Å². The number of rotatable bonds is 2. The van der Waals surface area contributed by atoms with Crippen molar-refractivity contribution in [1.29, 1.82) is 0 Å². The second kappa shape index (κ2) is 5.27. The molecule has 5 heteroatoms. The summed E-state index contributed by atoms with van der Waals surface area (Å²) in [6, 6.07) is 7.16. The molecule has 0 aliphatic rings. The first-order valence-corrected chi connectivity index (χ1v) is 4.90. The normalized spacial score (nSPS) is 10.0.